The van der Waals surface area contributed by atoms with Gasteiger partial charge in [-0.1, -0.05) is 26.7 Å². The average Bonchev–Trinajstić information content (AvgIpc) is 3.15. The summed E-state index contributed by atoms with van der Waals surface area (Å²) in [5.74, 6) is 4.45. The molecule has 0 aromatic rings. The minimum atomic E-state index is -0.0935. The molecule has 0 saturated heterocycles. The highest BCUT2D eigenvalue weighted by Crippen LogP contribution is 2.56. The van der Waals surface area contributed by atoms with Gasteiger partial charge >= 0.3 is 0 Å². The molecule has 0 aromatic carbocycles. The van der Waals surface area contributed by atoms with Crippen molar-refractivity contribution < 1.29 is 9.84 Å². The fraction of sp³-hybridized carbons (Fsp3) is 1.00. The Labute approximate surface area is 130 Å². The number of rotatable bonds is 7. The third-order valence-electron chi connectivity index (χ3n) is 6.95. The van der Waals surface area contributed by atoms with E-state index in [1.54, 1.807) is 0 Å². The maximum atomic E-state index is 10.3. The van der Waals surface area contributed by atoms with Gasteiger partial charge in [-0.3, -0.25) is 0 Å². The smallest absolute Gasteiger partial charge is 0.0575 e. The summed E-state index contributed by atoms with van der Waals surface area (Å²) in [5, 5.41) is 10.3. The molecule has 3 aliphatic carbocycles. The van der Waals surface area contributed by atoms with Crippen molar-refractivity contribution in [2.75, 3.05) is 6.61 Å². The Morgan fingerprint density at radius 2 is 1.86 bits per heavy atom. The fourth-order valence-electron chi connectivity index (χ4n) is 5.46. The highest BCUT2D eigenvalue weighted by Gasteiger charge is 2.48. The Kier molecular flexibility index (Phi) is 5.27. The molecular weight excluding hydrogens is 260 g/mol. The van der Waals surface area contributed by atoms with Crippen molar-refractivity contribution >= 4 is 0 Å². The number of aliphatic hydroxyl groups excluding tert-OH is 1. The van der Waals surface area contributed by atoms with E-state index in [9.17, 15) is 5.11 Å². The predicted octanol–water partition coefficient (Wildman–Crippen LogP) is 4.41. The van der Waals surface area contributed by atoms with E-state index in [2.05, 4.69) is 13.8 Å². The molecule has 0 aliphatic heterocycles. The predicted molar refractivity (Wildman–Crippen MR) is 86.1 cm³/mol. The molecule has 6 unspecified atom stereocenters. The summed E-state index contributed by atoms with van der Waals surface area (Å²) in [6.07, 6.45) is 11.4. The maximum Gasteiger partial charge on any atom is 0.0575 e. The van der Waals surface area contributed by atoms with Gasteiger partial charge in [0.2, 0.25) is 0 Å². The lowest BCUT2D eigenvalue weighted by atomic mass is 9.74. The molecule has 0 heterocycles. The van der Waals surface area contributed by atoms with E-state index in [-0.39, 0.29) is 6.10 Å². The number of aliphatic hydroxyl groups is 1. The van der Waals surface area contributed by atoms with Crippen LogP contribution in [0.15, 0.2) is 0 Å². The summed E-state index contributed by atoms with van der Waals surface area (Å²) in [6.45, 7) is 5.72. The van der Waals surface area contributed by atoms with Crippen LogP contribution in [0.4, 0.5) is 0 Å². The SMILES string of the molecule is CC1C2CC(CC(O)CCCOC3CCCC3)C(C2)C1C. The summed E-state index contributed by atoms with van der Waals surface area (Å²) < 4.78 is 5.89. The summed E-state index contributed by atoms with van der Waals surface area (Å²) in [5.41, 5.74) is 0. The van der Waals surface area contributed by atoms with E-state index in [4.69, 9.17) is 4.74 Å². The Morgan fingerprint density at radius 1 is 1.10 bits per heavy atom. The quantitative estimate of drug-likeness (QED) is 0.705. The third kappa shape index (κ3) is 3.64. The van der Waals surface area contributed by atoms with Gasteiger partial charge in [-0.25, -0.2) is 0 Å². The van der Waals surface area contributed by atoms with Crippen molar-refractivity contribution in [1.82, 2.24) is 0 Å². The second-order valence-electron chi connectivity index (χ2n) is 8.18. The van der Waals surface area contributed by atoms with Crippen LogP contribution in [-0.2, 0) is 4.74 Å². The zero-order valence-electron chi connectivity index (χ0n) is 14.0. The van der Waals surface area contributed by atoms with Crippen LogP contribution in [0.2, 0.25) is 0 Å². The van der Waals surface area contributed by atoms with E-state index in [0.717, 1.165) is 55.5 Å². The highest BCUT2D eigenvalue weighted by atomic mass is 16.5. The van der Waals surface area contributed by atoms with Crippen molar-refractivity contribution in [3.05, 3.63) is 0 Å². The van der Waals surface area contributed by atoms with E-state index in [1.165, 1.54) is 38.5 Å². The molecule has 3 saturated carbocycles. The molecule has 6 atom stereocenters. The van der Waals surface area contributed by atoms with Gasteiger partial charge < -0.3 is 9.84 Å². The van der Waals surface area contributed by atoms with Crippen LogP contribution in [0.25, 0.3) is 0 Å². The molecule has 1 N–H and O–H groups in total. The third-order valence-corrected chi connectivity index (χ3v) is 6.95. The molecule has 0 radical (unpaired) electrons. The van der Waals surface area contributed by atoms with E-state index < -0.39 is 0 Å². The van der Waals surface area contributed by atoms with Gasteiger partial charge in [0.15, 0.2) is 0 Å². The van der Waals surface area contributed by atoms with Crippen molar-refractivity contribution in [3.8, 4) is 0 Å². The summed E-state index contributed by atoms with van der Waals surface area (Å²) in [6, 6.07) is 0. The first-order chi connectivity index (χ1) is 10.1. The molecule has 122 valence electrons. The number of fused-ring (bicyclic) bond motifs is 2. The molecule has 3 fully saturated rings. The van der Waals surface area contributed by atoms with Gasteiger partial charge in [0.05, 0.1) is 12.2 Å². The molecule has 0 amide bonds. The summed E-state index contributed by atoms with van der Waals surface area (Å²) >= 11 is 0. The van der Waals surface area contributed by atoms with Crippen LogP contribution in [0.3, 0.4) is 0 Å². The van der Waals surface area contributed by atoms with Crippen LogP contribution in [0.5, 0.6) is 0 Å². The van der Waals surface area contributed by atoms with Crippen LogP contribution in [-0.4, -0.2) is 23.9 Å². The van der Waals surface area contributed by atoms with Crippen LogP contribution in [0.1, 0.15) is 71.6 Å². The molecule has 2 heteroatoms. The van der Waals surface area contributed by atoms with Crippen molar-refractivity contribution in [2.45, 2.75) is 83.8 Å². The molecule has 3 rings (SSSR count). The van der Waals surface area contributed by atoms with E-state index >= 15 is 0 Å². The van der Waals surface area contributed by atoms with Gasteiger partial charge in [0, 0.05) is 6.61 Å². The second-order valence-corrected chi connectivity index (χ2v) is 8.18. The average molecular weight is 294 g/mol. The second kappa shape index (κ2) is 7.00. The normalized spacial score (nSPS) is 41.0. The first-order valence-electron chi connectivity index (χ1n) is 9.44. The number of hydrogen-bond donors (Lipinski definition) is 1. The lowest BCUT2D eigenvalue weighted by molar-refractivity contribution is 0.0414. The Hall–Kier alpha value is -0.0800. The Morgan fingerprint density at radius 3 is 2.52 bits per heavy atom. The molecule has 2 nitrogen and oxygen atoms in total. The van der Waals surface area contributed by atoms with Crippen molar-refractivity contribution in [1.29, 1.82) is 0 Å². The standard InChI is InChI=1S/C19H34O2/c1-13-14(2)19-12-15(13)10-16(19)11-17(20)6-5-9-21-18-7-3-4-8-18/h13-20H,3-12H2,1-2H3. The van der Waals surface area contributed by atoms with Gasteiger partial charge in [-0.15, -0.1) is 0 Å². The molecule has 0 aromatic heterocycles. The molecule has 2 bridgehead atoms. The zero-order chi connectivity index (χ0) is 14.8. The summed E-state index contributed by atoms with van der Waals surface area (Å²) in [7, 11) is 0. The first-order valence-corrected chi connectivity index (χ1v) is 9.44. The number of hydrogen-bond acceptors (Lipinski definition) is 2. The van der Waals surface area contributed by atoms with E-state index in [1.807, 2.05) is 0 Å². The Balaban J connectivity index is 1.31. The van der Waals surface area contributed by atoms with Gasteiger partial charge in [0.1, 0.15) is 0 Å². The van der Waals surface area contributed by atoms with Gasteiger partial charge in [-0.2, -0.15) is 0 Å². The fourth-order valence-corrected chi connectivity index (χ4v) is 5.46. The van der Waals surface area contributed by atoms with E-state index in [0.29, 0.717) is 6.10 Å². The minimum Gasteiger partial charge on any atom is -0.393 e. The Bertz CT molecular complexity index is 322. The minimum absolute atomic E-state index is 0.0935. The first kappa shape index (κ1) is 15.8. The lowest BCUT2D eigenvalue weighted by Gasteiger charge is -2.32. The van der Waals surface area contributed by atoms with Crippen molar-refractivity contribution in [2.24, 2.45) is 29.6 Å². The topological polar surface area (TPSA) is 29.5 Å². The lowest BCUT2D eigenvalue weighted by Crippen LogP contribution is -2.27. The van der Waals surface area contributed by atoms with Crippen LogP contribution < -0.4 is 0 Å². The van der Waals surface area contributed by atoms with Crippen molar-refractivity contribution in [3.63, 3.8) is 0 Å². The molecule has 21 heavy (non-hydrogen) atoms. The monoisotopic (exact) mass is 294 g/mol. The highest BCUT2D eigenvalue weighted by molar-refractivity contribution is 4.97. The van der Waals surface area contributed by atoms with Gasteiger partial charge in [0.25, 0.3) is 0 Å². The summed E-state index contributed by atoms with van der Waals surface area (Å²) in [4.78, 5) is 0. The van der Waals surface area contributed by atoms with Crippen LogP contribution >= 0.6 is 0 Å². The molecular formula is C19H34O2. The molecule has 3 aliphatic rings. The molecule has 0 spiro atoms. The largest absolute Gasteiger partial charge is 0.393 e. The zero-order valence-corrected chi connectivity index (χ0v) is 14.0. The maximum absolute atomic E-state index is 10.3. The van der Waals surface area contributed by atoms with Gasteiger partial charge in [-0.05, 0) is 74.5 Å². The van der Waals surface area contributed by atoms with Crippen LogP contribution in [0, 0.1) is 29.6 Å². The number of ether oxygens (including phenoxy) is 1.